The second kappa shape index (κ2) is 7.82. The minimum Gasteiger partial charge on any atom is -0.395 e. The predicted octanol–water partition coefficient (Wildman–Crippen LogP) is 2.24. The lowest BCUT2D eigenvalue weighted by Gasteiger charge is -2.21. The Morgan fingerprint density at radius 3 is 3.00 bits per heavy atom. The molecule has 0 radical (unpaired) electrons. The molecule has 1 fully saturated rings. The normalized spacial score (nSPS) is 17.7. The van der Waals surface area contributed by atoms with E-state index < -0.39 is 0 Å². The number of amides is 1. The molecule has 21 heavy (non-hydrogen) atoms. The van der Waals surface area contributed by atoms with E-state index >= 15 is 0 Å². The van der Waals surface area contributed by atoms with Gasteiger partial charge in [0.05, 0.1) is 6.61 Å². The lowest BCUT2D eigenvalue weighted by atomic mass is 10.1. The molecular formula is C17H21NO3. The largest absolute Gasteiger partial charge is 0.395 e. The number of anilines is 1. The van der Waals surface area contributed by atoms with Gasteiger partial charge in [-0.3, -0.25) is 4.79 Å². The first-order chi connectivity index (χ1) is 10.2. The summed E-state index contributed by atoms with van der Waals surface area (Å²) < 4.78 is 5.48. The summed E-state index contributed by atoms with van der Waals surface area (Å²) in [5.41, 5.74) is 2.61. The van der Waals surface area contributed by atoms with E-state index in [0.717, 1.165) is 36.1 Å². The van der Waals surface area contributed by atoms with E-state index in [2.05, 4.69) is 17.2 Å². The molecule has 112 valence electrons. The first kappa shape index (κ1) is 15.6. The molecule has 1 atom stereocenters. The van der Waals surface area contributed by atoms with Gasteiger partial charge in [0.2, 0.25) is 0 Å². The number of nitrogens with one attached hydrogen (secondary N) is 1. The number of rotatable bonds is 3. The Labute approximate surface area is 125 Å². The van der Waals surface area contributed by atoms with Gasteiger partial charge >= 0.3 is 0 Å². The molecule has 2 N–H and O–H groups in total. The van der Waals surface area contributed by atoms with Gasteiger partial charge in [0.1, 0.15) is 6.10 Å². The molecule has 4 nitrogen and oxygen atoms in total. The number of aliphatic hydroxyl groups excluding tert-OH is 1. The van der Waals surface area contributed by atoms with Crippen LogP contribution < -0.4 is 5.32 Å². The highest BCUT2D eigenvalue weighted by Gasteiger charge is 2.21. The molecule has 0 aromatic heterocycles. The summed E-state index contributed by atoms with van der Waals surface area (Å²) in [5.74, 6) is 5.78. The van der Waals surface area contributed by atoms with Crippen LogP contribution >= 0.6 is 0 Å². The van der Waals surface area contributed by atoms with Crippen LogP contribution in [0.5, 0.6) is 0 Å². The Bertz CT molecular complexity index is 551. The molecule has 1 aromatic carbocycles. The number of benzene rings is 1. The van der Waals surface area contributed by atoms with E-state index in [4.69, 9.17) is 9.84 Å². The van der Waals surface area contributed by atoms with E-state index in [-0.39, 0.29) is 18.6 Å². The molecule has 1 heterocycles. The van der Waals surface area contributed by atoms with E-state index in [0.29, 0.717) is 13.0 Å². The van der Waals surface area contributed by atoms with E-state index in [9.17, 15) is 4.79 Å². The zero-order valence-corrected chi connectivity index (χ0v) is 12.3. The highest BCUT2D eigenvalue weighted by atomic mass is 16.5. The van der Waals surface area contributed by atoms with E-state index in [1.54, 1.807) is 0 Å². The van der Waals surface area contributed by atoms with Gasteiger partial charge < -0.3 is 15.2 Å². The molecule has 0 spiro atoms. The van der Waals surface area contributed by atoms with Crippen LogP contribution in [0.3, 0.4) is 0 Å². The summed E-state index contributed by atoms with van der Waals surface area (Å²) in [6.45, 7) is 2.68. The molecule has 0 aliphatic carbocycles. The topological polar surface area (TPSA) is 58.6 Å². The molecule has 1 aliphatic rings. The fourth-order valence-corrected chi connectivity index (χ4v) is 2.32. The maximum Gasteiger partial charge on any atom is 0.253 e. The zero-order valence-electron chi connectivity index (χ0n) is 12.3. The van der Waals surface area contributed by atoms with Gasteiger partial charge in [-0.2, -0.15) is 0 Å². The van der Waals surface area contributed by atoms with Crippen molar-refractivity contribution in [1.82, 2.24) is 0 Å². The molecule has 1 amide bonds. The summed E-state index contributed by atoms with van der Waals surface area (Å²) in [4.78, 5) is 12.1. The molecule has 1 aliphatic heterocycles. The van der Waals surface area contributed by atoms with Crippen molar-refractivity contribution in [3.63, 3.8) is 0 Å². The standard InChI is InChI=1S/C17H21NO3/c1-13-10-14(6-2-4-8-19)12-15(11-13)18-17(20)16-7-3-5-9-21-16/h10-12,16,19H,3-5,7-9H2,1H3,(H,18,20). The maximum absolute atomic E-state index is 12.1. The molecule has 4 heteroatoms. The van der Waals surface area contributed by atoms with Crippen LogP contribution in [0.1, 0.15) is 36.8 Å². The van der Waals surface area contributed by atoms with Crippen molar-refractivity contribution in [3.05, 3.63) is 29.3 Å². The highest BCUT2D eigenvalue weighted by molar-refractivity contribution is 5.94. The molecule has 1 aromatic rings. The number of aliphatic hydroxyl groups is 1. The van der Waals surface area contributed by atoms with Crippen molar-refractivity contribution >= 4 is 11.6 Å². The van der Waals surface area contributed by atoms with Gasteiger partial charge in [-0.1, -0.05) is 11.8 Å². The predicted molar refractivity (Wildman–Crippen MR) is 82.0 cm³/mol. The van der Waals surface area contributed by atoms with Gasteiger partial charge in [-0.05, 0) is 49.9 Å². The third-order valence-electron chi connectivity index (χ3n) is 3.29. The molecule has 2 rings (SSSR count). The minimum absolute atomic E-state index is 0.0570. The third kappa shape index (κ3) is 4.89. The fourth-order valence-electron chi connectivity index (χ4n) is 2.32. The van der Waals surface area contributed by atoms with Crippen molar-refractivity contribution < 1.29 is 14.6 Å². The molecule has 0 saturated carbocycles. The first-order valence-electron chi connectivity index (χ1n) is 7.33. The number of ether oxygens (including phenoxy) is 1. The summed E-state index contributed by atoms with van der Waals surface area (Å²) in [6.07, 6.45) is 2.94. The van der Waals surface area contributed by atoms with Crippen LogP contribution in [0.25, 0.3) is 0 Å². The van der Waals surface area contributed by atoms with Gasteiger partial charge in [-0.15, -0.1) is 0 Å². The average Bonchev–Trinajstić information content (AvgIpc) is 2.48. The van der Waals surface area contributed by atoms with Crippen LogP contribution in [0.15, 0.2) is 18.2 Å². The summed E-state index contributed by atoms with van der Waals surface area (Å²) >= 11 is 0. The summed E-state index contributed by atoms with van der Waals surface area (Å²) in [5, 5.41) is 11.6. The zero-order chi connectivity index (χ0) is 15.1. The van der Waals surface area contributed by atoms with Crippen LogP contribution in [0, 0.1) is 18.8 Å². The van der Waals surface area contributed by atoms with Gasteiger partial charge in [0.15, 0.2) is 0 Å². The van der Waals surface area contributed by atoms with E-state index in [1.165, 1.54) is 0 Å². The molecular weight excluding hydrogens is 266 g/mol. The summed E-state index contributed by atoms with van der Waals surface area (Å²) in [6, 6.07) is 5.72. The van der Waals surface area contributed by atoms with Crippen LogP contribution in [-0.4, -0.2) is 30.3 Å². The van der Waals surface area contributed by atoms with E-state index in [1.807, 2.05) is 25.1 Å². The summed E-state index contributed by atoms with van der Waals surface area (Å²) in [7, 11) is 0. The first-order valence-corrected chi connectivity index (χ1v) is 7.33. The van der Waals surface area contributed by atoms with Crippen molar-refractivity contribution in [2.75, 3.05) is 18.5 Å². The van der Waals surface area contributed by atoms with Crippen molar-refractivity contribution in [1.29, 1.82) is 0 Å². The number of carbonyl (C=O) groups is 1. The molecule has 1 unspecified atom stereocenters. The Hall–Kier alpha value is -1.83. The van der Waals surface area contributed by atoms with Crippen LogP contribution in [0.4, 0.5) is 5.69 Å². The third-order valence-corrected chi connectivity index (χ3v) is 3.29. The number of carbonyl (C=O) groups excluding carboxylic acids is 1. The average molecular weight is 287 g/mol. The number of aryl methyl sites for hydroxylation is 1. The molecule has 0 bridgehead atoms. The Balaban J connectivity index is 2.05. The van der Waals surface area contributed by atoms with Crippen molar-refractivity contribution in [2.45, 2.75) is 38.7 Å². The lowest BCUT2D eigenvalue weighted by Crippen LogP contribution is -2.33. The van der Waals surface area contributed by atoms with Crippen LogP contribution in [-0.2, 0) is 9.53 Å². The van der Waals surface area contributed by atoms with Crippen molar-refractivity contribution in [3.8, 4) is 11.8 Å². The Morgan fingerprint density at radius 2 is 2.29 bits per heavy atom. The highest BCUT2D eigenvalue weighted by Crippen LogP contribution is 2.17. The Kier molecular flexibility index (Phi) is 5.79. The van der Waals surface area contributed by atoms with Gasteiger partial charge in [0, 0.05) is 24.3 Å². The smallest absolute Gasteiger partial charge is 0.253 e. The van der Waals surface area contributed by atoms with Crippen molar-refractivity contribution in [2.24, 2.45) is 0 Å². The van der Waals surface area contributed by atoms with Crippen LogP contribution in [0.2, 0.25) is 0 Å². The van der Waals surface area contributed by atoms with Gasteiger partial charge in [0.25, 0.3) is 5.91 Å². The molecule has 1 saturated heterocycles. The second-order valence-corrected chi connectivity index (χ2v) is 5.21. The SMILES string of the molecule is Cc1cc(C#CCCO)cc(NC(=O)C2CCCCO2)c1. The maximum atomic E-state index is 12.1. The minimum atomic E-state index is -0.344. The quantitative estimate of drug-likeness (QED) is 0.838. The second-order valence-electron chi connectivity index (χ2n) is 5.21. The lowest BCUT2D eigenvalue weighted by molar-refractivity contribution is -0.129. The van der Waals surface area contributed by atoms with Gasteiger partial charge in [-0.25, -0.2) is 0 Å². The number of hydrogen-bond acceptors (Lipinski definition) is 3. The number of hydrogen-bond donors (Lipinski definition) is 2. The monoisotopic (exact) mass is 287 g/mol. The Morgan fingerprint density at radius 1 is 1.43 bits per heavy atom. The fraction of sp³-hybridized carbons (Fsp3) is 0.471.